The Labute approximate surface area is 101 Å². The van der Waals surface area contributed by atoms with Gasteiger partial charge < -0.3 is 0 Å². The van der Waals surface area contributed by atoms with Crippen LogP contribution in [0.25, 0.3) is 0 Å². The fourth-order valence-electron chi connectivity index (χ4n) is 0.772. The van der Waals surface area contributed by atoms with E-state index in [1.54, 1.807) is 0 Å². The molecule has 0 aliphatic rings. The van der Waals surface area contributed by atoms with Crippen molar-refractivity contribution in [3.8, 4) is 0 Å². The van der Waals surface area contributed by atoms with Crippen molar-refractivity contribution in [2.24, 2.45) is 0 Å². The monoisotopic (exact) mass is 292 g/mol. The van der Waals surface area contributed by atoms with Gasteiger partial charge in [-0.25, -0.2) is 9.13 Å². The van der Waals surface area contributed by atoms with Gasteiger partial charge in [0.15, 0.2) is 0 Å². The van der Waals surface area contributed by atoms with E-state index in [1.165, 1.54) is 28.4 Å². The van der Waals surface area contributed by atoms with Gasteiger partial charge in [-0.05, 0) is 6.42 Å². The smallest absolute Gasteiger partial charge is 0.290 e. The third-order valence-electron chi connectivity index (χ3n) is 1.68. The van der Waals surface area contributed by atoms with Crippen molar-refractivity contribution in [3.05, 3.63) is 0 Å². The summed E-state index contributed by atoms with van der Waals surface area (Å²) < 4.78 is 50.7. The average Bonchev–Trinajstić information content (AvgIpc) is 2.37. The molecule has 0 N–H and O–H groups in total. The highest BCUT2D eigenvalue weighted by atomic mass is 31.2. The summed E-state index contributed by atoms with van der Waals surface area (Å²) in [6.07, 6.45) is 0.327. The molecule has 0 amide bonds. The molecule has 0 unspecified atom stereocenters. The van der Waals surface area contributed by atoms with E-state index in [0.29, 0.717) is 6.42 Å². The molecule has 0 saturated carbocycles. The van der Waals surface area contributed by atoms with E-state index in [0.717, 1.165) is 0 Å². The lowest BCUT2D eigenvalue weighted by Crippen LogP contribution is -2.02. The number of phosphoric ester groups is 2. The van der Waals surface area contributed by atoms with Crippen molar-refractivity contribution in [1.82, 2.24) is 0 Å². The van der Waals surface area contributed by atoms with Gasteiger partial charge in [-0.15, -0.1) is 0 Å². The molecule has 0 atom stereocenters. The minimum atomic E-state index is -3.46. The molecule has 10 heteroatoms. The Morgan fingerprint density at radius 2 is 1.00 bits per heavy atom. The summed E-state index contributed by atoms with van der Waals surface area (Å²) in [4.78, 5) is 0. The summed E-state index contributed by atoms with van der Waals surface area (Å²) in [6.45, 7) is 0.124. The molecule has 0 saturated heterocycles. The van der Waals surface area contributed by atoms with Crippen LogP contribution >= 0.6 is 15.6 Å². The first-order chi connectivity index (χ1) is 7.95. The molecular weight excluding hydrogens is 274 g/mol. The molecule has 104 valence electrons. The zero-order valence-corrected chi connectivity index (χ0v) is 12.1. The van der Waals surface area contributed by atoms with E-state index in [9.17, 15) is 9.13 Å². The van der Waals surface area contributed by atoms with Gasteiger partial charge in [0.25, 0.3) is 0 Å². The summed E-state index contributed by atoms with van der Waals surface area (Å²) in [5, 5.41) is 0. The summed E-state index contributed by atoms with van der Waals surface area (Å²) >= 11 is 0. The van der Waals surface area contributed by atoms with Crippen LogP contribution < -0.4 is 0 Å². The van der Waals surface area contributed by atoms with E-state index < -0.39 is 15.6 Å². The van der Waals surface area contributed by atoms with Gasteiger partial charge in [-0.2, -0.15) is 0 Å². The van der Waals surface area contributed by atoms with Gasteiger partial charge >= 0.3 is 15.6 Å². The van der Waals surface area contributed by atoms with Crippen LogP contribution in [0, 0.1) is 0 Å². The largest absolute Gasteiger partial charge is 0.474 e. The standard InChI is InChI=1S/C7H18O8P2/c1-10-16(8,11-2)14-6-5-7-15-17(9,12-3)13-4/h5-7H2,1-4H3. The molecule has 0 rings (SSSR count). The van der Waals surface area contributed by atoms with Gasteiger partial charge in [0, 0.05) is 28.4 Å². The van der Waals surface area contributed by atoms with Crippen LogP contribution in [0.3, 0.4) is 0 Å². The summed E-state index contributed by atoms with van der Waals surface area (Å²) in [7, 11) is -2.07. The first-order valence-corrected chi connectivity index (χ1v) is 7.59. The Kier molecular flexibility index (Phi) is 8.45. The van der Waals surface area contributed by atoms with Crippen molar-refractivity contribution < 1.29 is 36.3 Å². The van der Waals surface area contributed by atoms with Crippen molar-refractivity contribution in [3.63, 3.8) is 0 Å². The van der Waals surface area contributed by atoms with Crippen molar-refractivity contribution >= 4 is 15.6 Å². The summed E-state index contributed by atoms with van der Waals surface area (Å²) in [5.41, 5.74) is 0. The van der Waals surface area contributed by atoms with Gasteiger partial charge in [0.05, 0.1) is 13.2 Å². The zero-order valence-electron chi connectivity index (χ0n) is 10.3. The fraction of sp³-hybridized carbons (Fsp3) is 1.00. The highest BCUT2D eigenvalue weighted by Gasteiger charge is 2.24. The van der Waals surface area contributed by atoms with Crippen LogP contribution in [0.2, 0.25) is 0 Å². The number of hydrogen-bond acceptors (Lipinski definition) is 8. The first-order valence-electron chi connectivity index (χ1n) is 4.67. The highest BCUT2D eigenvalue weighted by Crippen LogP contribution is 2.49. The Morgan fingerprint density at radius 1 is 0.706 bits per heavy atom. The third-order valence-corrected chi connectivity index (χ3v) is 4.47. The maximum Gasteiger partial charge on any atom is 0.474 e. The minimum absolute atomic E-state index is 0.0619. The van der Waals surface area contributed by atoms with E-state index in [4.69, 9.17) is 9.05 Å². The SMILES string of the molecule is COP(=O)(OC)OCCCOP(=O)(OC)OC. The molecule has 0 aliphatic carbocycles. The molecule has 0 fully saturated rings. The first kappa shape index (κ1) is 17.2. The fourth-order valence-corrected chi connectivity index (χ4v) is 2.20. The van der Waals surface area contributed by atoms with Crippen LogP contribution in [0.15, 0.2) is 0 Å². The third kappa shape index (κ3) is 6.64. The second-order valence-electron chi connectivity index (χ2n) is 2.64. The second kappa shape index (κ2) is 8.34. The normalized spacial score (nSPS) is 12.9. The molecule has 0 spiro atoms. The Morgan fingerprint density at radius 3 is 1.24 bits per heavy atom. The number of phosphoric acid groups is 2. The topological polar surface area (TPSA) is 89.5 Å². The van der Waals surface area contributed by atoms with Gasteiger partial charge in [0.1, 0.15) is 0 Å². The Balaban J connectivity index is 3.80. The number of hydrogen-bond donors (Lipinski definition) is 0. The molecular formula is C7H18O8P2. The van der Waals surface area contributed by atoms with E-state index in [-0.39, 0.29) is 13.2 Å². The molecule has 0 aliphatic heterocycles. The van der Waals surface area contributed by atoms with E-state index >= 15 is 0 Å². The molecule has 0 aromatic carbocycles. The Bertz CT molecular complexity index is 250. The van der Waals surface area contributed by atoms with Crippen molar-refractivity contribution in [2.75, 3.05) is 41.7 Å². The van der Waals surface area contributed by atoms with Gasteiger partial charge in [-0.3, -0.25) is 27.1 Å². The molecule has 0 heterocycles. The van der Waals surface area contributed by atoms with Crippen molar-refractivity contribution in [2.45, 2.75) is 6.42 Å². The average molecular weight is 292 g/mol. The predicted molar refractivity (Wildman–Crippen MR) is 59.8 cm³/mol. The van der Waals surface area contributed by atoms with Crippen molar-refractivity contribution in [1.29, 1.82) is 0 Å². The van der Waals surface area contributed by atoms with E-state index in [1.807, 2.05) is 0 Å². The predicted octanol–water partition coefficient (Wildman–Crippen LogP) is 2.21. The molecule has 17 heavy (non-hydrogen) atoms. The van der Waals surface area contributed by atoms with Crippen LogP contribution in [0.5, 0.6) is 0 Å². The van der Waals surface area contributed by atoms with Crippen LogP contribution in [0.1, 0.15) is 6.42 Å². The van der Waals surface area contributed by atoms with Crippen LogP contribution in [-0.2, 0) is 36.3 Å². The van der Waals surface area contributed by atoms with Crippen LogP contribution in [0.4, 0.5) is 0 Å². The lowest BCUT2D eigenvalue weighted by Gasteiger charge is -2.14. The molecule has 8 nitrogen and oxygen atoms in total. The lowest BCUT2D eigenvalue weighted by molar-refractivity contribution is 0.125. The molecule has 0 aromatic heterocycles. The molecule has 0 bridgehead atoms. The molecule has 0 aromatic rings. The maximum atomic E-state index is 11.4. The lowest BCUT2D eigenvalue weighted by atomic mass is 10.5. The second-order valence-corrected chi connectivity index (χ2v) is 6.41. The maximum absolute atomic E-state index is 11.4. The Hall–Kier alpha value is 0.220. The minimum Gasteiger partial charge on any atom is -0.290 e. The highest BCUT2D eigenvalue weighted by molar-refractivity contribution is 7.48. The van der Waals surface area contributed by atoms with E-state index in [2.05, 4.69) is 18.1 Å². The molecule has 0 radical (unpaired) electrons. The van der Waals surface area contributed by atoms with Gasteiger partial charge in [0.2, 0.25) is 0 Å². The quantitative estimate of drug-likeness (QED) is 0.447. The van der Waals surface area contributed by atoms with Gasteiger partial charge in [-0.1, -0.05) is 0 Å². The zero-order chi connectivity index (χ0) is 13.4. The number of rotatable bonds is 10. The van der Waals surface area contributed by atoms with Crippen LogP contribution in [-0.4, -0.2) is 41.7 Å². The summed E-state index contributed by atoms with van der Waals surface area (Å²) in [5.74, 6) is 0. The summed E-state index contributed by atoms with van der Waals surface area (Å²) in [6, 6.07) is 0.